The number of ether oxygens (including phenoxy) is 1. The van der Waals surface area contributed by atoms with Crippen LogP contribution in [0, 0.1) is 6.92 Å². The van der Waals surface area contributed by atoms with Crippen molar-refractivity contribution in [1.29, 1.82) is 0 Å². The van der Waals surface area contributed by atoms with Gasteiger partial charge in [0.15, 0.2) is 0 Å². The molecule has 1 aromatic carbocycles. The van der Waals surface area contributed by atoms with Gasteiger partial charge in [-0.2, -0.15) is 0 Å². The number of para-hydroxylation sites is 1. The lowest BCUT2D eigenvalue weighted by atomic mass is 10.2. The molecule has 0 aliphatic carbocycles. The number of nitrogens with zero attached hydrogens (tertiary/aromatic N) is 3. The summed E-state index contributed by atoms with van der Waals surface area (Å²) in [5.41, 5.74) is 7.36. The van der Waals surface area contributed by atoms with E-state index in [9.17, 15) is 4.79 Å². The van der Waals surface area contributed by atoms with Gasteiger partial charge in [-0.25, -0.2) is 0 Å². The maximum Gasteiger partial charge on any atom is 0.245 e. The van der Waals surface area contributed by atoms with Gasteiger partial charge < -0.3 is 15.4 Å². The maximum atomic E-state index is 12.1. The highest BCUT2D eigenvalue weighted by atomic mass is 32.1. The number of fused-ring (bicyclic) bond motifs is 1. The Kier molecular flexibility index (Phi) is 3.61. The van der Waals surface area contributed by atoms with Gasteiger partial charge in [0.05, 0.1) is 18.8 Å². The van der Waals surface area contributed by atoms with Crippen molar-refractivity contribution in [3.63, 3.8) is 0 Å². The van der Waals surface area contributed by atoms with E-state index in [0.29, 0.717) is 29.7 Å². The Morgan fingerprint density at radius 2 is 2.38 bits per heavy atom. The van der Waals surface area contributed by atoms with Gasteiger partial charge in [0.25, 0.3) is 0 Å². The number of aromatic nitrogens is 2. The number of amides is 1. The van der Waals surface area contributed by atoms with Gasteiger partial charge in [-0.3, -0.25) is 10.1 Å². The molecule has 0 saturated heterocycles. The molecular weight excluding hydrogens is 290 g/mol. The summed E-state index contributed by atoms with van der Waals surface area (Å²) < 4.78 is 5.56. The van der Waals surface area contributed by atoms with Crippen molar-refractivity contribution in [3.8, 4) is 5.75 Å². The largest absolute Gasteiger partial charge is 0.489 e. The van der Waals surface area contributed by atoms with Gasteiger partial charge in [-0.1, -0.05) is 17.4 Å². The van der Waals surface area contributed by atoms with Crippen LogP contribution in [0.5, 0.6) is 5.75 Å². The van der Waals surface area contributed by atoms with Crippen LogP contribution in [0.4, 0.5) is 16.5 Å². The molecule has 1 aliphatic rings. The number of nitrogens with two attached hydrogens (primary N) is 1. The average molecular weight is 305 g/mol. The monoisotopic (exact) mass is 305 g/mol. The van der Waals surface area contributed by atoms with E-state index >= 15 is 0 Å². The molecule has 7 nitrogen and oxygen atoms in total. The third-order valence-corrected chi connectivity index (χ3v) is 3.83. The Balaban J connectivity index is 1.73. The number of hydrogen-bond donors (Lipinski definition) is 2. The van der Waals surface area contributed by atoms with Crippen LogP contribution in [-0.2, 0) is 4.79 Å². The first-order valence-electron chi connectivity index (χ1n) is 6.49. The first kappa shape index (κ1) is 13.6. The number of carbonyl (C=O) groups excluding carboxylic acids is 1. The second-order valence-corrected chi connectivity index (χ2v) is 5.82. The summed E-state index contributed by atoms with van der Waals surface area (Å²) in [6.45, 7) is 3.18. The molecule has 0 fully saturated rings. The Hall–Kier alpha value is -2.35. The second kappa shape index (κ2) is 5.57. The SMILES string of the molecule is Cc1nnc(NC(=O)CN2CCOc3cccc(N)c32)s1. The van der Waals surface area contributed by atoms with Crippen molar-refractivity contribution in [2.45, 2.75) is 6.92 Å². The van der Waals surface area contributed by atoms with Crippen molar-refractivity contribution < 1.29 is 9.53 Å². The average Bonchev–Trinajstić information content (AvgIpc) is 2.84. The molecule has 21 heavy (non-hydrogen) atoms. The topological polar surface area (TPSA) is 93.4 Å². The molecule has 110 valence electrons. The number of rotatable bonds is 3. The number of benzene rings is 1. The summed E-state index contributed by atoms with van der Waals surface area (Å²) in [7, 11) is 0. The highest BCUT2D eigenvalue weighted by Gasteiger charge is 2.22. The molecule has 0 radical (unpaired) electrons. The van der Waals surface area contributed by atoms with Crippen molar-refractivity contribution >= 4 is 33.8 Å². The minimum absolute atomic E-state index is 0.151. The van der Waals surface area contributed by atoms with E-state index in [-0.39, 0.29) is 12.5 Å². The second-order valence-electron chi connectivity index (χ2n) is 4.64. The quantitative estimate of drug-likeness (QED) is 0.829. The third-order valence-electron chi connectivity index (χ3n) is 3.07. The van der Waals surface area contributed by atoms with Gasteiger partial charge in [0.2, 0.25) is 11.0 Å². The number of nitrogens with one attached hydrogen (secondary N) is 1. The Bertz CT molecular complexity index is 672. The lowest BCUT2D eigenvalue weighted by Crippen LogP contribution is -2.39. The standard InChI is InChI=1S/C13H15N5O2S/c1-8-16-17-13(21-8)15-11(19)7-18-5-6-20-10-4-2-3-9(14)12(10)18/h2-4H,5-7,14H2,1H3,(H,15,17,19). The molecule has 0 spiro atoms. The minimum Gasteiger partial charge on any atom is -0.489 e. The molecule has 3 N–H and O–H groups in total. The first-order valence-corrected chi connectivity index (χ1v) is 7.31. The molecule has 0 saturated carbocycles. The zero-order chi connectivity index (χ0) is 14.8. The highest BCUT2D eigenvalue weighted by molar-refractivity contribution is 7.15. The summed E-state index contributed by atoms with van der Waals surface area (Å²) in [5.74, 6) is 0.558. The fourth-order valence-electron chi connectivity index (χ4n) is 2.21. The zero-order valence-corrected chi connectivity index (χ0v) is 12.3. The summed E-state index contributed by atoms with van der Waals surface area (Å²) in [5, 5.41) is 11.8. The van der Waals surface area contributed by atoms with Gasteiger partial charge in [0, 0.05) is 0 Å². The molecule has 0 atom stereocenters. The van der Waals surface area contributed by atoms with Crippen LogP contribution in [0.15, 0.2) is 18.2 Å². The molecule has 2 aromatic rings. The molecule has 1 aromatic heterocycles. The van der Waals surface area contributed by atoms with E-state index in [1.54, 1.807) is 6.07 Å². The molecule has 1 amide bonds. The van der Waals surface area contributed by atoms with Crippen LogP contribution in [0.25, 0.3) is 0 Å². The van der Waals surface area contributed by atoms with E-state index in [4.69, 9.17) is 10.5 Å². The fraction of sp³-hybridized carbons (Fsp3) is 0.308. The molecule has 8 heteroatoms. The minimum atomic E-state index is -0.151. The van der Waals surface area contributed by atoms with E-state index in [1.807, 2.05) is 24.0 Å². The van der Waals surface area contributed by atoms with Gasteiger partial charge >= 0.3 is 0 Å². The molecule has 0 bridgehead atoms. The van der Waals surface area contributed by atoms with Crippen molar-refractivity contribution in [3.05, 3.63) is 23.2 Å². The smallest absolute Gasteiger partial charge is 0.245 e. The number of hydrogen-bond acceptors (Lipinski definition) is 7. The predicted octanol–water partition coefficient (Wildman–Crippen LogP) is 1.27. The number of aryl methyl sites for hydroxylation is 1. The van der Waals surface area contributed by atoms with E-state index in [1.165, 1.54) is 11.3 Å². The van der Waals surface area contributed by atoms with Crippen LogP contribution in [0.1, 0.15) is 5.01 Å². The molecular formula is C13H15N5O2S. The number of carbonyl (C=O) groups is 1. The molecule has 1 aliphatic heterocycles. The van der Waals surface area contributed by atoms with Crippen molar-refractivity contribution in [2.75, 3.05) is 35.6 Å². The van der Waals surface area contributed by atoms with Crippen LogP contribution in [-0.4, -0.2) is 35.8 Å². The first-order chi connectivity index (χ1) is 10.1. The maximum absolute atomic E-state index is 12.1. The highest BCUT2D eigenvalue weighted by Crippen LogP contribution is 2.36. The van der Waals surface area contributed by atoms with Crippen molar-refractivity contribution in [2.24, 2.45) is 0 Å². The summed E-state index contributed by atoms with van der Waals surface area (Å²) in [6, 6.07) is 5.48. The molecule has 0 unspecified atom stereocenters. The Labute approximate surface area is 125 Å². The summed E-state index contributed by atoms with van der Waals surface area (Å²) >= 11 is 1.34. The lowest BCUT2D eigenvalue weighted by molar-refractivity contribution is -0.115. The van der Waals surface area contributed by atoms with E-state index in [0.717, 1.165) is 10.7 Å². The number of anilines is 3. The third kappa shape index (κ3) is 2.89. The fourth-order valence-corrected chi connectivity index (χ4v) is 2.82. The van der Waals surface area contributed by atoms with Gasteiger partial charge in [-0.05, 0) is 19.1 Å². The van der Waals surface area contributed by atoms with Crippen LogP contribution >= 0.6 is 11.3 Å². The molecule has 3 rings (SSSR count). The normalized spacial score (nSPS) is 13.5. The van der Waals surface area contributed by atoms with Gasteiger partial charge in [0.1, 0.15) is 23.1 Å². The zero-order valence-electron chi connectivity index (χ0n) is 11.5. The van der Waals surface area contributed by atoms with Crippen LogP contribution in [0.3, 0.4) is 0 Å². The van der Waals surface area contributed by atoms with Crippen LogP contribution < -0.4 is 20.7 Å². The van der Waals surface area contributed by atoms with Gasteiger partial charge in [-0.15, -0.1) is 10.2 Å². The summed E-state index contributed by atoms with van der Waals surface area (Å²) in [4.78, 5) is 14.0. The lowest BCUT2D eigenvalue weighted by Gasteiger charge is -2.31. The predicted molar refractivity (Wildman–Crippen MR) is 81.8 cm³/mol. The number of nitrogen functional groups attached to an aromatic ring is 1. The Morgan fingerprint density at radius 3 is 3.14 bits per heavy atom. The van der Waals surface area contributed by atoms with E-state index in [2.05, 4.69) is 15.5 Å². The molecule has 2 heterocycles. The summed E-state index contributed by atoms with van der Waals surface area (Å²) in [6.07, 6.45) is 0. The van der Waals surface area contributed by atoms with Crippen molar-refractivity contribution in [1.82, 2.24) is 10.2 Å². The van der Waals surface area contributed by atoms with Crippen LogP contribution in [0.2, 0.25) is 0 Å². The Morgan fingerprint density at radius 1 is 1.52 bits per heavy atom. The van der Waals surface area contributed by atoms with E-state index < -0.39 is 0 Å².